The monoisotopic (exact) mass is 193 g/mol. The van der Waals surface area contributed by atoms with Gasteiger partial charge in [0, 0.05) is 1.37 Å². The fourth-order valence-corrected chi connectivity index (χ4v) is 1.08. The summed E-state index contributed by atoms with van der Waals surface area (Å²) in [6, 6.07) is 9.73. The van der Waals surface area contributed by atoms with E-state index in [0.717, 1.165) is 5.56 Å². The molecule has 0 heterocycles. The molecule has 2 heteroatoms. The van der Waals surface area contributed by atoms with Crippen LogP contribution < -0.4 is 0 Å². The molecule has 2 atom stereocenters. The standard InChI is InChI=1S/C12H16O2/c1-2-6-12(13)10-14-9-11-7-4-3-5-8-11/h2-5,7-8,12-13H,1,6,9-10H2/t12-/m0/s1/i6D/t6-,12+/m1. The Hall–Kier alpha value is -1.12. The van der Waals surface area contributed by atoms with Crippen LogP contribution in [0.1, 0.15) is 13.3 Å². The Morgan fingerprint density at radius 2 is 2.21 bits per heavy atom. The second kappa shape index (κ2) is 6.35. The minimum absolute atomic E-state index is 0.162. The zero-order chi connectivity index (χ0) is 11.1. The van der Waals surface area contributed by atoms with Gasteiger partial charge in [0.05, 0.1) is 19.3 Å². The number of rotatable bonds is 6. The molecule has 0 amide bonds. The van der Waals surface area contributed by atoms with Gasteiger partial charge in [-0.15, -0.1) is 6.58 Å². The maximum atomic E-state index is 9.41. The molecule has 0 aliphatic rings. The van der Waals surface area contributed by atoms with Crippen LogP contribution in [-0.2, 0) is 11.3 Å². The van der Waals surface area contributed by atoms with E-state index in [1.54, 1.807) is 0 Å². The Balaban J connectivity index is 2.25. The Bertz CT molecular complexity index is 287. The van der Waals surface area contributed by atoms with Crippen molar-refractivity contribution in [2.45, 2.75) is 19.1 Å². The molecule has 2 nitrogen and oxygen atoms in total. The van der Waals surface area contributed by atoms with Crippen LogP contribution in [-0.4, -0.2) is 17.8 Å². The lowest BCUT2D eigenvalue weighted by Gasteiger charge is -2.08. The van der Waals surface area contributed by atoms with Crippen LogP contribution in [0, 0.1) is 0 Å². The summed E-state index contributed by atoms with van der Waals surface area (Å²) < 4.78 is 12.6. The van der Waals surface area contributed by atoms with E-state index in [9.17, 15) is 5.11 Å². The quantitative estimate of drug-likeness (QED) is 0.701. The first-order chi connectivity index (χ1) is 7.24. The third-order valence-corrected chi connectivity index (χ3v) is 1.76. The molecular formula is C12H16O2. The fourth-order valence-electron chi connectivity index (χ4n) is 1.08. The van der Waals surface area contributed by atoms with Gasteiger partial charge in [0.25, 0.3) is 0 Å². The van der Waals surface area contributed by atoms with E-state index >= 15 is 0 Å². The van der Waals surface area contributed by atoms with Crippen molar-refractivity contribution in [3.05, 3.63) is 48.6 Å². The van der Waals surface area contributed by atoms with E-state index in [4.69, 9.17) is 6.11 Å². The second-order valence-corrected chi connectivity index (χ2v) is 3.00. The number of hydrogen-bond donors (Lipinski definition) is 1. The SMILES string of the molecule is [2H][C@H](C=C)[C@H](O)COCc1ccccc1. The molecule has 0 unspecified atom stereocenters. The Labute approximate surface area is 86.2 Å². The molecule has 0 spiro atoms. The highest BCUT2D eigenvalue weighted by molar-refractivity contribution is 5.13. The molecule has 76 valence electrons. The van der Waals surface area contributed by atoms with Gasteiger partial charge in [-0.2, -0.15) is 0 Å². The van der Waals surface area contributed by atoms with Crippen LogP contribution in [0.4, 0.5) is 0 Å². The topological polar surface area (TPSA) is 29.5 Å². The molecule has 0 fully saturated rings. The lowest BCUT2D eigenvalue weighted by Crippen LogP contribution is -2.13. The normalized spacial score (nSPS) is 15.6. The summed E-state index contributed by atoms with van der Waals surface area (Å²) in [5.74, 6) is 0. The van der Waals surface area contributed by atoms with Crippen molar-refractivity contribution in [2.75, 3.05) is 6.61 Å². The Morgan fingerprint density at radius 1 is 1.50 bits per heavy atom. The fraction of sp³-hybridized carbons (Fsp3) is 0.333. The van der Waals surface area contributed by atoms with Crippen LogP contribution in [0.15, 0.2) is 43.0 Å². The highest BCUT2D eigenvalue weighted by atomic mass is 16.5. The predicted molar refractivity (Wildman–Crippen MR) is 56.9 cm³/mol. The zero-order valence-corrected chi connectivity index (χ0v) is 8.10. The van der Waals surface area contributed by atoms with Crippen molar-refractivity contribution in [1.29, 1.82) is 0 Å². The zero-order valence-electron chi connectivity index (χ0n) is 9.10. The third kappa shape index (κ3) is 4.21. The first-order valence-electron chi connectivity index (χ1n) is 5.16. The molecule has 0 bridgehead atoms. The number of benzene rings is 1. The van der Waals surface area contributed by atoms with Gasteiger partial charge in [-0.25, -0.2) is 0 Å². The first-order valence-corrected chi connectivity index (χ1v) is 4.58. The molecule has 0 saturated carbocycles. The van der Waals surface area contributed by atoms with Crippen LogP contribution in [0.25, 0.3) is 0 Å². The number of ether oxygens (including phenoxy) is 1. The predicted octanol–water partition coefficient (Wildman–Crippen LogP) is 2.14. The largest absolute Gasteiger partial charge is 0.390 e. The van der Waals surface area contributed by atoms with Crippen LogP contribution in [0.5, 0.6) is 0 Å². The van der Waals surface area contributed by atoms with Crippen molar-refractivity contribution in [2.24, 2.45) is 0 Å². The lowest BCUT2D eigenvalue weighted by molar-refractivity contribution is 0.0301. The molecular weight excluding hydrogens is 176 g/mol. The molecule has 0 saturated heterocycles. The van der Waals surface area contributed by atoms with Gasteiger partial charge in [0.1, 0.15) is 0 Å². The summed E-state index contributed by atoms with van der Waals surface area (Å²) in [4.78, 5) is 0. The molecule has 0 aromatic heterocycles. The molecule has 0 aliphatic carbocycles. The smallest absolute Gasteiger partial charge is 0.0808 e. The van der Waals surface area contributed by atoms with E-state index < -0.39 is 12.5 Å². The van der Waals surface area contributed by atoms with E-state index in [1.807, 2.05) is 30.3 Å². The summed E-state index contributed by atoms with van der Waals surface area (Å²) >= 11 is 0. The second-order valence-electron chi connectivity index (χ2n) is 3.00. The average molecular weight is 193 g/mol. The van der Waals surface area contributed by atoms with Gasteiger partial charge in [-0.05, 0) is 12.0 Å². The van der Waals surface area contributed by atoms with Crippen LogP contribution >= 0.6 is 0 Å². The van der Waals surface area contributed by atoms with Crippen molar-refractivity contribution >= 4 is 0 Å². The maximum absolute atomic E-state index is 9.41. The van der Waals surface area contributed by atoms with Crippen molar-refractivity contribution < 1.29 is 11.2 Å². The highest BCUT2D eigenvalue weighted by Gasteiger charge is 2.00. The first kappa shape index (κ1) is 9.44. The molecule has 1 N–H and O–H groups in total. The van der Waals surface area contributed by atoms with Crippen molar-refractivity contribution in [3.8, 4) is 0 Å². The van der Waals surface area contributed by atoms with Gasteiger partial charge in [-0.1, -0.05) is 36.4 Å². The minimum Gasteiger partial charge on any atom is -0.390 e. The third-order valence-electron chi connectivity index (χ3n) is 1.76. The number of aliphatic hydroxyl groups excluding tert-OH is 1. The summed E-state index contributed by atoms with van der Waals surface area (Å²) in [5.41, 5.74) is 1.06. The molecule has 14 heavy (non-hydrogen) atoms. The van der Waals surface area contributed by atoms with Crippen LogP contribution in [0.2, 0.25) is 0 Å². The van der Waals surface area contributed by atoms with E-state index in [-0.39, 0.29) is 6.61 Å². The van der Waals surface area contributed by atoms with Gasteiger partial charge in [0.2, 0.25) is 0 Å². The average Bonchev–Trinajstić information content (AvgIpc) is 2.29. The Kier molecular flexibility index (Phi) is 4.28. The van der Waals surface area contributed by atoms with Crippen LogP contribution in [0.3, 0.4) is 0 Å². The maximum Gasteiger partial charge on any atom is 0.0808 e. The summed E-state index contributed by atoms with van der Waals surface area (Å²) in [7, 11) is 0. The van der Waals surface area contributed by atoms with Gasteiger partial charge in [0.15, 0.2) is 0 Å². The summed E-state index contributed by atoms with van der Waals surface area (Å²) in [5, 5.41) is 9.41. The van der Waals surface area contributed by atoms with Crippen molar-refractivity contribution in [1.82, 2.24) is 0 Å². The van der Waals surface area contributed by atoms with Gasteiger partial charge < -0.3 is 9.84 Å². The molecule has 0 aliphatic heterocycles. The van der Waals surface area contributed by atoms with E-state index in [1.165, 1.54) is 6.08 Å². The van der Waals surface area contributed by atoms with Gasteiger partial charge >= 0.3 is 0 Å². The molecule has 1 aromatic carbocycles. The highest BCUT2D eigenvalue weighted by Crippen LogP contribution is 2.01. The van der Waals surface area contributed by atoms with Gasteiger partial charge in [-0.3, -0.25) is 0 Å². The van der Waals surface area contributed by atoms with E-state index in [2.05, 4.69) is 6.58 Å². The number of aliphatic hydroxyl groups is 1. The molecule has 1 aromatic rings. The van der Waals surface area contributed by atoms with E-state index in [0.29, 0.717) is 6.61 Å². The molecule has 1 rings (SSSR count). The molecule has 0 radical (unpaired) electrons. The summed E-state index contributed by atoms with van der Waals surface area (Å²) in [6.07, 6.45) is -0.0803. The summed E-state index contributed by atoms with van der Waals surface area (Å²) in [6.45, 7) is 4.07. The number of hydrogen-bond acceptors (Lipinski definition) is 2. The lowest BCUT2D eigenvalue weighted by atomic mass is 10.2. The minimum atomic E-state index is -0.800. The Morgan fingerprint density at radius 3 is 2.86 bits per heavy atom. The van der Waals surface area contributed by atoms with Crippen molar-refractivity contribution in [3.63, 3.8) is 0 Å².